The molecule has 2 N–H and O–H groups in total. The second-order valence-electron chi connectivity index (χ2n) is 3.32. The van der Waals surface area contributed by atoms with Crippen molar-refractivity contribution in [2.45, 2.75) is 6.92 Å². The Morgan fingerprint density at radius 2 is 2.00 bits per heavy atom. The Kier molecular flexibility index (Phi) is 4.78. The van der Waals surface area contributed by atoms with E-state index >= 15 is 0 Å². The minimum absolute atomic E-state index is 0.149. The average molecular weight is 278 g/mol. The summed E-state index contributed by atoms with van der Waals surface area (Å²) < 4.78 is 12.9. The van der Waals surface area contributed by atoms with Gasteiger partial charge >= 0.3 is 5.97 Å². The van der Waals surface area contributed by atoms with Crippen molar-refractivity contribution in [3.63, 3.8) is 0 Å². The number of anilines is 1. The molecule has 0 fully saturated rings. The molecule has 0 aliphatic heterocycles. The van der Waals surface area contributed by atoms with E-state index in [-0.39, 0.29) is 22.2 Å². The van der Waals surface area contributed by atoms with Gasteiger partial charge in [0, 0.05) is 12.1 Å². The van der Waals surface area contributed by atoms with Crippen LogP contribution in [-0.4, -0.2) is 17.6 Å². The molecule has 0 radical (unpaired) electrons. The first-order valence-electron chi connectivity index (χ1n) is 4.70. The highest BCUT2D eigenvalue weighted by Gasteiger charge is 2.07. The van der Waals surface area contributed by atoms with Gasteiger partial charge in [0.1, 0.15) is 5.82 Å². The molecule has 1 aromatic rings. The lowest BCUT2D eigenvalue weighted by Crippen LogP contribution is -2.04. The van der Waals surface area contributed by atoms with Gasteiger partial charge in [-0.2, -0.15) is 0 Å². The number of carbonyl (C=O) groups is 1. The summed E-state index contributed by atoms with van der Waals surface area (Å²) in [5, 5.41) is 11.7. The van der Waals surface area contributed by atoms with Gasteiger partial charge in [-0.1, -0.05) is 29.3 Å². The number of aliphatic carboxylic acids is 1. The highest BCUT2D eigenvalue weighted by Crippen LogP contribution is 2.31. The summed E-state index contributed by atoms with van der Waals surface area (Å²) in [7, 11) is 0. The molecule has 0 aromatic heterocycles. The predicted molar refractivity (Wildman–Crippen MR) is 66.3 cm³/mol. The third-order valence-electron chi connectivity index (χ3n) is 2.03. The average Bonchev–Trinajstić information content (AvgIpc) is 2.21. The van der Waals surface area contributed by atoms with Crippen molar-refractivity contribution in [1.82, 2.24) is 0 Å². The number of nitrogens with one attached hydrogen (secondary N) is 1. The molecule has 0 amide bonds. The van der Waals surface area contributed by atoms with Crippen LogP contribution in [-0.2, 0) is 4.79 Å². The number of hydrogen-bond donors (Lipinski definition) is 2. The van der Waals surface area contributed by atoms with Crippen LogP contribution in [0, 0.1) is 5.82 Å². The molecule has 0 saturated heterocycles. The van der Waals surface area contributed by atoms with Gasteiger partial charge in [0.25, 0.3) is 0 Å². The fourth-order valence-electron chi connectivity index (χ4n) is 1.10. The number of hydrogen-bond acceptors (Lipinski definition) is 2. The van der Waals surface area contributed by atoms with Gasteiger partial charge < -0.3 is 10.4 Å². The van der Waals surface area contributed by atoms with Crippen molar-refractivity contribution >= 4 is 34.9 Å². The van der Waals surface area contributed by atoms with Gasteiger partial charge in [-0.05, 0) is 19.1 Å². The molecule has 92 valence electrons. The van der Waals surface area contributed by atoms with Crippen molar-refractivity contribution in [3.05, 3.63) is 39.6 Å². The Hall–Kier alpha value is -1.26. The summed E-state index contributed by atoms with van der Waals surface area (Å²) in [6, 6.07) is 2.26. The number of benzene rings is 1. The first-order valence-corrected chi connectivity index (χ1v) is 5.46. The SMILES string of the molecule is CC(=CCNc1c(Cl)cc(F)cc1Cl)C(=O)O. The van der Waals surface area contributed by atoms with Crippen LogP contribution >= 0.6 is 23.2 Å². The molecule has 3 nitrogen and oxygen atoms in total. The summed E-state index contributed by atoms with van der Waals surface area (Å²) >= 11 is 11.6. The maximum Gasteiger partial charge on any atom is 0.331 e. The monoisotopic (exact) mass is 277 g/mol. The summed E-state index contributed by atoms with van der Waals surface area (Å²) in [5.74, 6) is -1.52. The highest BCUT2D eigenvalue weighted by molar-refractivity contribution is 6.39. The second kappa shape index (κ2) is 5.89. The first kappa shape index (κ1) is 13.8. The molecule has 0 unspecified atom stereocenters. The molecule has 0 atom stereocenters. The standard InChI is InChI=1S/C11H10Cl2FNO2/c1-6(11(16)17)2-3-15-10-8(12)4-7(14)5-9(10)13/h2,4-5,15H,3H2,1H3,(H,16,17). The van der Waals surface area contributed by atoms with E-state index in [0.29, 0.717) is 5.69 Å². The van der Waals surface area contributed by atoms with Gasteiger partial charge in [0.2, 0.25) is 0 Å². The van der Waals surface area contributed by atoms with Gasteiger partial charge in [-0.25, -0.2) is 9.18 Å². The van der Waals surface area contributed by atoms with Crippen LogP contribution in [0.15, 0.2) is 23.8 Å². The zero-order valence-electron chi connectivity index (χ0n) is 8.93. The van der Waals surface area contributed by atoms with Crippen molar-refractivity contribution in [2.75, 3.05) is 11.9 Å². The van der Waals surface area contributed by atoms with E-state index in [4.69, 9.17) is 28.3 Å². The van der Waals surface area contributed by atoms with Crippen LogP contribution in [0.1, 0.15) is 6.92 Å². The molecular formula is C11H10Cl2FNO2. The lowest BCUT2D eigenvalue weighted by atomic mass is 10.2. The van der Waals surface area contributed by atoms with Crippen LogP contribution in [0.5, 0.6) is 0 Å². The Morgan fingerprint density at radius 1 is 1.47 bits per heavy atom. The zero-order chi connectivity index (χ0) is 13.0. The smallest absolute Gasteiger partial charge is 0.331 e. The number of rotatable bonds is 4. The third kappa shape index (κ3) is 3.91. The maximum atomic E-state index is 12.9. The fourth-order valence-corrected chi connectivity index (χ4v) is 1.70. The minimum atomic E-state index is -0.997. The summed E-state index contributed by atoms with van der Waals surface area (Å²) in [6.45, 7) is 1.71. The van der Waals surface area contributed by atoms with E-state index in [1.165, 1.54) is 13.0 Å². The van der Waals surface area contributed by atoms with Crippen molar-refractivity contribution in [2.24, 2.45) is 0 Å². The molecule has 0 spiro atoms. The molecule has 1 rings (SSSR count). The molecule has 17 heavy (non-hydrogen) atoms. The van der Waals surface area contributed by atoms with E-state index in [1.54, 1.807) is 0 Å². The fraction of sp³-hybridized carbons (Fsp3) is 0.182. The van der Waals surface area contributed by atoms with Crippen LogP contribution in [0.25, 0.3) is 0 Å². The Bertz CT molecular complexity index is 452. The lowest BCUT2D eigenvalue weighted by Gasteiger charge is -2.08. The zero-order valence-corrected chi connectivity index (χ0v) is 10.4. The largest absolute Gasteiger partial charge is 0.478 e. The molecule has 0 aliphatic carbocycles. The topological polar surface area (TPSA) is 49.3 Å². The Labute approximate surface area is 108 Å². The van der Waals surface area contributed by atoms with E-state index in [9.17, 15) is 9.18 Å². The molecule has 0 saturated carbocycles. The molecule has 0 bridgehead atoms. The van der Waals surface area contributed by atoms with Gasteiger partial charge in [-0.15, -0.1) is 0 Å². The van der Waals surface area contributed by atoms with E-state index < -0.39 is 11.8 Å². The molecule has 1 aromatic carbocycles. The normalized spacial score (nSPS) is 11.4. The van der Waals surface area contributed by atoms with Crippen LogP contribution in [0.2, 0.25) is 10.0 Å². The highest BCUT2D eigenvalue weighted by atomic mass is 35.5. The van der Waals surface area contributed by atoms with Crippen LogP contribution < -0.4 is 5.32 Å². The predicted octanol–water partition coefficient (Wildman–Crippen LogP) is 3.58. The molecule has 0 heterocycles. The quantitative estimate of drug-likeness (QED) is 0.828. The summed E-state index contributed by atoms with van der Waals surface area (Å²) in [4.78, 5) is 10.5. The van der Waals surface area contributed by atoms with E-state index in [0.717, 1.165) is 12.1 Å². The van der Waals surface area contributed by atoms with E-state index in [2.05, 4.69) is 5.32 Å². The van der Waals surface area contributed by atoms with Crippen molar-refractivity contribution in [3.8, 4) is 0 Å². The lowest BCUT2D eigenvalue weighted by molar-refractivity contribution is -0.132. The van der Waals surface area contributed by atoms with Crippen LogP contribution in [0.4, 0.5) is 10.1 Å². The first-order chi connectivity index (χ1) is 7.91. The van der Waals surface area contributed by atoms with Crippen LogP contribution in [0.3, 0.4) is 0 Å². The molecule has 6 heteroatoms. The number of carboxylic acids is 1. The Morgan fingerprint density at radius 3 is 2.47 bits per heavy atom. The summed E-state index contributed by atoms with van der Waals surface area (Å²) in [5.41, 5.74) is 0.580. The minimum Gasteiger partial charge on any atom is -0.478 e. The third-order valence-corrected chi connectivity index (χ3v) is 2.63. The van der Waals surface area contributed by atoms with Gasteiger partial charge in [0.05, 0.1) is 15.7 Å². The number of halogens is 3. The maximum absolute atomic E-state index is 12.9. The molecule has 0 aliphatic rings. The Balaban J connectivity index is 2.77. The molecular weight excluding hydrogens is 268 g/mol. The number of carboxylic acid groups (broad SMARTS) is 1. The van der Waals surface area contributed by atoms with Gasteiger partial charge in [0.15, 0.2) is 0 Å². The summed E-state index contributed by atoms with van der Waals surface area (Å²) in [6.07, 6.45) is 1.47. The van der Waals surface area contributed by atoms with Crippen molar-refractivity contribution in [1.29, 1.82) is 0 Å². The van der Waals surface area contributed by atoms with E-state index in [1.807, 2.05) is 0 Å². The second-order valence-corrected chi connectivity index (χ2v) is 4.13. The van der Waals surface area contributed by atoms with Crippen molar-refractivity contribution < 1.29 is 14.3 Å². The van der Waals surface area contributed by atoms with Gasteiger partial charge in [-0.3, -0.25) is 0 Å².